The van der Waals surface area contributed by atoms with E-state index in [0.29, 0.717) is 26.0 Å². The maximum Gasteiger partial charge on any atom is 0.433 e. The molecule has 1 amide bonds. The highest BCUT2D eigenvalue weighted by Crippen LogP contribution is 2.38. The zero-order valence-corrected chi connectivity index (χ0v) is 17.9. The van der Waals surface area contributed by atoms with E-state index in [1.54, 1.807) is 6.92 Å². The number of carbonyl (C=O) groups excluding carboxylic acids is 1. The zero-order valence-electron chi connectivity index (χ0n) is 17.9. The number of hydrogen-bond donors (Lipinski definition) is 1. The molecule has 0 saturated carbocycles. The fourth-order valence-electron chi connectivity index (χ4n) is 4.61. The van der Waals surface area contributed by atoms with Crippen molar-refractivity contribution in [3.8, 4) is 0 Å². The van der Waals surface area contributed by atoms with E-state index in [1.807, 2.05) is 13.8 Å². The van der Waals surface area contributed by atoms with Crippen LogP contribution < -0.4 is 10.2 Å². The molecular weight excluding hydrogens is 397 g/mol. The lowest BCUT2D eigenvalue weighted by molar-refractivity contribution is -0.141. The normalized spacial score (nSPS) is 25.1. The maximum atomic E-state index is 13.2. The predicted octanol–water partition coefficient (Wildman–Crippen LogP) is 3.08. The van der Waals surface area contributed by atoms with Gasteiger partial charge in [0.15, 0.2) is 0 Å². The number of hydrogen-bond acceptors (Lipinski definition) is 5. The van der Waals surface area contributed by atoms with Gasteiger partial charge in [-0.2, -0.15) is 13.2 Å². The molecule has 3 heterocycles. The number of anilines is 1. The van der Waals surface area contributed by atoms with Gasteiger partial charge in [-0.05, 0) is 38.8 Å². The summed E-state index contributed by atoms with van der Waals surface area (Å²) in [6.07, 6.45) is -2.97. The smallest absolute Gasteiger partial charge is 0.375 e. The molecule has 0 bridgehead atoms. The number of ether oxygens (including phenoxy) is 1. The van der Waals surface area contributed by atoms with Gasteiger partial charge in [0.05, 0.1) is 5.60 Å². The molecule has 1 aromatic heterocycles. The van der Waals surface area contributed by atoms with Crippen LogP contribution in [-0.2, 0) is 15.7 Å². The molecule has 0 aromatic carbocycles. The van der Waals surface area contributed by atoms with Crippen molar-refractivity contribution in [1.29, 1.82) is 0 Å². The SMILES string of the molecule is CCC(=O)N(CC1(N2CCNCC2)CCOC(C)(C)C1)c1cccc(C(F)(F)F)n1. The fraction of sp³-hybridized carbons (Fsp3) is 0.714. The lowest BCUT2D eigenvalue weighted by Crippen LogP contribution is -2.65. The Bertz CT molecular complexity index is 750. The average molecular weight is 428 g/mol. The zero-order chi connectivity index (χ0) is 22.0. The van der Waals surface area contributed by atoms with Crippen molar-refractivity contribution < 1.29 is 22.7 Å². The van der Waals surface area contributed by atoms with E-state index in [2.05, 4.69) is 15.2 Å². The van der Waals surface area contributed by atoms with Crippen LogP contribution in [0.25, 0.3) is 0 Å². The van der Waals surface area contributed by atoms with Gasteiger partial charge in [0.1, 0.15) is 11.5 Å². The Morgan fingerprint density at radius 3 is 2.60 bits per heavy atom. The molecule has 168 valence electrons. The first-order chi connectivity index (χ1) is 14.1. The number of aromatic nitrogens is 1. The third-order valence-corrected chi connectivity index (χ3v) is 5.96. The van der Waals surface area contributed by atoms with Crippen LogP contribution in [0.5, 0.6) is 0 Å². The number of halogens is 3. The average Bonchev–Trinajstić information content (AvgIpc) is 2.71. The summed E-state index contributed by atoms with van der Waals surface area (Å²) in [5.41, 5.74) is -1.76. The lowest BCUT2D eigenvalue weighted by Gasteiger charge is -2.53. The second-order valence-electron chi connectivity index (χ2n) is 8.71. The Morgan fingerprint density at radius 2 is 2.00 bits per heavy atom. The number of alkyl halides is 3. The number of carbonyl (C=O) groups is 1. The van der Waals surface area contributed by atoms with E-state index in [-0.39, 0.29) is 29.3 Å². The van der Waals surface area contributed by atoms with Crippen molar-refractivity contribution >= 4 is 11.7 Å². The Kier molecular flexibility index (Phi) is 6.74. The quantitative estimate of drug-likeness (QED) is 0.781. The van der Waals surface area contributed by atoms with Crippen molar-refractivity contribution in [2.75, 3.05) is 44.2 Å². The third kappa shape index (κ3) is 5.12. The van der Waals surface area contributed by atoms with Crippen LogP contribution in [0.4, 0.5) is 19.0 Å². The van der Waals surface area contributed by atoms with Crippen molar-refractivity contribution in [2.24, 2.45) is 0 Å². The molecule has 0 spiro atoms. The molecule has 2 fully saturated rings. The molecule has 6 nitrogen and oxygen atoms in total. The summed E-state index contributed by atoms with van der Waals surface area (Å²) in [4.78, 5) is 20.5. The molecule has 1 unspecified atom stereocenters. The molecule has 3 rings (SSSR count). The molecular formula is C21H31F3N4O2. The van der Waals surface area contributed by atoms with Crippen LogP contribution in [0.3, 0.4) is 0 Å². The summed E-state index contributed by atoms with van der Waals surface area (Å²) in [7, 11) is 0. The van der Waals surface area contributed by atoms with Crippen LogP contribution in [0.1, 0.15) is 45.7 Å². The van der Waals surface area contributed by atoms with E-state index >= 15 is 0 Å². The lowest BCUT2D eigenvalue weighted by atomic mass is 9.78. The minimum absolute atomic E-state index is 0.0514. The molecule has 1 N–H and O–H groups in total. The first-order valence-corrected chi connectivity index (χ1v) is 10.5. The monoisotopic (exact) mass is 428 g/mol. The van der Waals surface area contributed by atoms with Crippen molar-refractivity contribution in [3.63, 3.8) is 0 Å². The fourth-order valence-corrected chi connectivity index (χ4v) is 4.61. The molecule has 1 atom stereocenters. The number of pyridine rings is 1. The largest absolute Gasteiger partial charge is 0.433 e. The van der Waals surface area contributed by atoms with E-state index in [0.717, 1.165) is 32.2 Å². The second-order valence-corrected chi connectivity index (χ2v) is 8.71. The molecule has 2 aliphatic rings. The van der Waals surface area contributed by atoms with Gasteiger partial charge < -0.3 is 10.1 Å². The molecule has 2 saturated heterocycles. The molecule has 0 radical (unpaired) electrons. The van der Waals surface area contributed by atoms with Crippen LogP contribution in [0, 0.1) is 0 Å². The highest BCUT2D eigenvalue weighted by Gasteiger charge is 2.47. The standard InChI is InChI=1S/C21H31F3N4O2/c1-4-18(29)28(17-7-5-6-16(26-17)21(22,23)24)15-20(27-11-9-25-10-12-27)8-13-30-19(2,3)14-20/h5-7,25H,4,8-15H2,1-3H3. The molecule has 0 aliphatic carbocycles. The van der Waals surface area contributed by atoms with E-state index < -0.39 is 11.9 Å². The summed E-state index contributed by atoms with van der Waals surface area (Å²) in [5, 5.41) is 3.34. The Morgan fingerprint density at radius 1 is 1.30 bits per heavy atom. The van der Waals surface area contributed by atoms with Gasteiger partial charge in [0.2, 0.25) is 5.91 Å². The van der Waals surface area contributed by atoms with Crippen LogP contribution in [0.15, 0.2) is 18.2 Å². The summed E-state index contributed by atoms with van der Waals surface area (Å²) >= 11 is 0. The van der Waals surface area contributed by atoms with E-state index in [1.165, 1.54) is 17.0 Å². The molecule has 9 heteroatoms. The number of nitrogens with one attached hydrogen (secondary N) is 1. The van der Waals surface area contributed by atoms with Gasteiger partial charge in [-0.25, -0.2) is 4.98 Å². The topological polar surface area (TPSA) is 57.7 Å². The number of amides is 1. The van der Waals surface area contributed by atoms with Crippen molar-refractivity contribution in [3.05, 3.63) is 23.9 Å². The van der Waals surface area contributed by atoms with Gasteiger partial charge in [0.25, 0.3) is 0 Å². The minimum atomic E-state index is -4.56. The Balaban J connectivity index is 1.99. The first-order valence-electron chi connectivity index (χ1n) is 10.5. The van der Waals surface area contributed by atoms with Crippen LogP contribution >= 0.6 is 0 Å². The van der Waals surface area contributed by atoms with E-state index in [4.69, 9.17) is 4.74 Å². The summed E-state index contributed by atoms with van der Waals surface area (Å²) < 4.78 is 45.7. The number of nitrogens with zero attached hydrogens (tertiary/aromatic N) is 3. The van der Waals surface area contributed by atoms with Gasteiger partial charge in [-0.15, -0.1) is 0 Å². The van der Waals surface area contributed by atoms with Gasteiger partial charge in [-0.1, -0.05) is 13.0 Å². The van der Waals surface area contributed by atoms with Gasteiger partial charge in [0, 0.05) is 51.3 Å². The first kappa shape index (κ1) is 23.0. The highest BCUT2D eigenvalue weighted by atomic mass is 19.4. The summed E-state index contributed by atoms with van der Waals surface area (Å²) in [6.45, 7) is 9.92. The second kappa shape index (κ2) is 8.80. The number of rotatable bonds is 5. The molecule has 1 aromatic rings. The minimum Gasteiger partial charge on any atom is -0.375 e. The van der Waals surface area contributed by atoms with Crippen molar-refractivity contribution in [1.82, 2.24) is 15.2 Å². The number of piperazine rings is 1. The summed E-state index contributed by atoms with van der Waals surface area (Å²) in [6, 6.07) is 3.73. The van der Waals surface area contributed by atoms with Crippen LogP contribution in [-0.4, -0.2) is 66.3 Å². The highest BCUT2D eigenvalue weighted by molar-refractivity contribution is 5.92. The maximum absolute atomic E-state index is 13.2. The molecule has 2 aliphatic heterocycles. The molecule has 30 heavy (non-hydrogen) atoms. The third-order valence-electron chi connectivity index (χ3n) is 5.96. The van der Waals surface area contributed by atoms with E-state index in [9.17, 15) is 18.0 Å². The van der Waals surface area contributed by atoms with Gasteiger partial charge in [-0.3, -0.25) is 14.6 Å². The predicted molar refractivity (Wildman–Crippen MR) is 108 cm³/mol. The van der Waals surface area contributed by atoms with Crippen LogP contribution in [0.2, 0.25) is 0 Å². The Hall–Kier alpha value is -1.71. The Labute approximate surface area is 175 Å². The van der Waals surface area contributed by atoms with Crippen molar-refractivity contribution in [2.45, 2.75) is 57.3 Å². The summed E-state index contributed by atoms with van der Waals surface area (Å²) in [5.74, 6) is -0.184. The van der Waals surface area contributed by atoms with Gasteiger partial charge >= 0.3 is 6.18 Å².